The van der Waals surface area contributed by atoms with Crippen LogP contribution in [0.4, 0.5) is 19.0 Å². The van der Waals surface area contributed by atoms with E-state index in [1.54, 1.807) is 36.9 Å². The van der Waals surface area contributed by atoms with Crippen LogP contribution in [0, 0.1) is 17.7 Å². The lowest BCUT2D eigenvalue weighted by molar-refractivity contribution is 0.0447. The van der Waals surface area contributed by atoms with Gasteiger partial charge in [0, 0.05) is 31.1 Å². The monoisotopic (exact) mass is 545 g/mol. The molecule has 3 aromatic carbocycles. The first-order valence-electron chi connectivity index (χ1n) is 12.3. The lowest BCUT2D eigenvalue weighted by Gasteiger charge is -2.37. The van der Waals surface area contributed by atoms with Gasteiger partial charge >= 0.3 is 6.08 Å². The normalized spacial score (nSPS) is 17.9. The van der Waals surface area contributed by atoms with Crippen molar-refractivity contribution >= 4 is 39.1 Å². The Morgan fingerprint density at radius 2 is 1.95 bits per heavy atom. The van der Waals surface area contributed by atoms with Crippen molar-refractivity contribution in [1.82, 2.24) is 9.97 Å². The molecular formula is C28H27ClF3N3O3. The number of rotatable bonds is 6. The molecule has 0 spiro atoms. The highest BCUT2D eigenvalue weighted by Crippen LogP contribution is 2.44. The molecule has 0 saturated carbocycles. The molecule has 4 aromatic rings. The van der Waals surface area contributed by atoms with Crippen molar-refractivity contribution in [3.8, 4) is 16.9 Å². The third kappa shape index (κ3) is 4.74. The Labute approximate surface area is 223 Å². The van der Waals surface area contributed by atoms with Crippen molar-refractivity contribution in [1.29, 1.82) is 0 Å². The number of aryl methyl sites for hydroxylation is 1. The second-order valence-corrected chi connectivity index (χ2v) is 10.2. The fourth-order valence-electron chi connectivity index (χ4n) is 5.28. The molecule has 0 radical (unpaired) electrons. The van der Waals surface area contributed by atoms with Crippen LogP contribution in [0.3, 0.4) is 0 Å². The summed E-state index contributed by atoms with van der Waals surface area (Å²) in [4.78, 5) is 9.43. The molecule has 0 bridgehead atoms. The van der Waals surface area contributed by atoms with Gasteiger partial charge in [-0.2, -0.15) is 14.4 Å². The van der Waals surface area contributed by atoms with Crippen LogP contribution < -0.4 is 9.64 Å². The highest BCUT2D eigenvalue weighted by molar-refractivity contribution is 6.35. The van der Waals surface area contributed by atoms with Crippen LogP contribution in [0.1, 0.15) is 32.3 Å². The van der Waals surface area contributed by atoms with Gasteiger partial charge in [0.15, 0.2) is 12.6 Å². The van der Waals surface area contributed by atoms with E-state index in [2.05, 4.69) is 9.97 Å². The number of aromatic nitrogens is 2. The van der Waals surface area contributed by atoms with Gasteiger partial charge in [0.1, 0.15) is 22.9 Å². The second kappa shape index (κ2) is 10.2. The zero-order valence-electron chi connectivity index (χ0n) is 21.2. The average Bonchev–Trinajstić information content (AvgIpc) is 2.87. The van der Waals surface area contributed by atoms with Crippen molar-refractivity contribution in [2.45, 2.75) is 38.7 Å². The van der Waals surface area contributed by atoms with Crippen molar-refractivity contribution in [2.24, 2.45) is 0 Å². The lowest BCUT2D eigenvalue weighted by Crippen LogP contribution is -2.46. The van der Waals surface area contributed by atoms with Gasteiger partial charge in [-0.1, -0.05) is 24.6 Å². The fraction of sp³-hybridized carbons (Fsp3) is 0.357. The predicted molar refractivity (Wildman–Crippen MR) is 141 cm³/mol. The van der Waals surface area contributed by atoms with Crippen LogP contribution in [-0.2, 0) is 11.2 Å². The molecule has 1 aliphatic rings. The van der Waals surface area contributed by atoms with Gasteiger partial charge in [0.25, 0.3) is 0 Å². The van der Waals surface area contributed by atoms with Crippen LogP contribution in [0.25, 0.3) is 32.8 Å². The lowest BCUT2D eigenvalue weighted by atomic mass is 9.91. The van der Waals surface area contributed by atoms with Crippen LogP contribution >= 0.6 is 11.6 Å². The number of piperidine rings is 1. The summed E-state index contributed by atoms with van der Waals surface area (Å²) in [6, 6.07) is 7.71. The van der Waals surface area contributed by atoms with E-state index in [1.165, 1.54) is 19.2 Å². The minimum Gasteiger partial charge on any atom is -0.468 e. The molecule has 1 aromatic heterocycles. The van der Waals surface area contributed by atoms with Crippen molar-refractivity contribution in [3.63, 3.8) is 0 Å². The number of fused-ring (bicyclic) bond motifs is 2. The third-order valence-electron chi connectivity index (χ3n) is 6.92. The molecule has 1 atom stereocenters. The summed E-state index contributed by atoms with van der Waals surface area (Å²) in [5, 5.41) is 11.9. The van der Waals surface area contributed by atoms with E-state index in [1.807, 2.05) is 0 Å². The van der Waals surface area contributed by atoms with Crippen LogP contribution in [0.15, 0.2) is 30.3 Å². The zero-order valence-corrected chi connectivity index (χ0v) is 22.0. The van der Waals surface area contributed by atoms with E-state index < -0.39 is 23.3 Å². The number of aliphatic hydroxyl groups is 1. The molecule has 0 unspecified atom stereocenters. The standard InChI is InChI=1S/C28H27ClF3N3O3/c1-4-17-21(30)7-6-15-10-16(38-14-37-3)11-18(22(15)17)23-20(29)12-19-25(24(23)31)33-27(32)34-26(19)35-9-5-8-28(2,36)13-35/h6-7,10-12,36H,4-5,8-9,13-14H2,1-3H3/t28-/m1/s1. The average molecular weight is 546 g/mol. The van der Waals surface area contributed by atoms with E-state index in [-0.39, 0.29) is 46.2 Å². The molecule has 1 fully saturated rings. The highest BCUT2D eigenvalue weighted by atomic mass is 35.5. The molecule has 38 heavy (non-hydrogen) atoms. The molecule has 1 aliphatic heterocycles. The number of hydrogen-bond acceptors (Lipinski definition) is 6. The Kier molecular flexibility index (Phi) is 7.11. The van der Waals surface area contributed by atoms with Crippen LogP contribution in [0.2, 0.25) is 5.02 Å². The van der Waals surface area contributed by atoms with E-state index in [0.717, 1.165) is 0 Å². The number of halogens is 4. The first-order chi connectivity index (χ1) is 18.1. The quantitative estimate of drug-likeness (QED) is 0.223. The van der Waals surface area contributed by atoms with Gasteiger partial charge in [-0.3, -0.25) is 0 Å². The number of methoxy groups -OCH3 is 1. The second-order valence-electron chi connectivity index (χ2n) is 9.78. The number of anilines is 1. The van der Waals surface area contributed by atoms with Gasteiger partial charge in [-0.25, -0.2) is 8.78 Å². The summed E-state index contributed by atoms with van der Waals surface area (Å²) in [6.45, 7) is 4.15. The van der Waals surface area contributed by atoms with Gasteiger partial charge in [0.05, 0.1) is 10.6 Å². The Morgan fingerprint density at radius 1 is 1.16 bits per heavy atom. The maximum absolute atomic E-state index is 16.4. The zero-order chi connectivity index (χ0) is 27.2. The number of nitrogens with zero attached hydrogens (tertiary/aromatic N) is 3. The minimum absolute atomic E-state index is 0.0201. The molecule has 1 saturated heterocycles. The molecule has 5 rings (SSSR count). The summed E-state index contributed by atoms with van der Waals surface area (Å²) in [5.41, 5.74) is -0.645. The molecule has 6 nitrogen and oxygen atoms in total. The van der Waals surface area contributed by atoms with Gasteiger partial charge in [0.2, 0.25) is 0 Å². The van der Waals surface area contributed by atoms with E-state index in [4.69, 9.17) is 21.1 Å². The number of hydrogen-bond donors (Lipinski definition) is 1. The third-order valence-corrected chi connectivity index (χ3v) is 7.22. The number of benzene rings is 3. The molecule has 0 aliphatic carbocycles. The fourth-order valence-corrected chi connectivity index (χ4v) is 5.58. The Hall–Kier alpha value is -3.14. The summed E-state index contributed by atoms with van der Waals surface area (Å²) in [7, 11) is 1.47. The Morgan fingerprint density at radius 3 is 2.66 bits per heavy atom. The molecule has 0 amide bonds. The van der Waals surface area contributed by atoms with E-state index >= 15 is 4.39 Å². The summed E-state index contributed by atoms with van der Waals surface area (Å²) < 4.78 is 56.6. The summed E-state index contributed by atoms with van der Waals surface area (Å²) >= 11 is 6.73. The van der Waals surface area contributed by atoms with Crippen LogP contribution in [-0.4, -0.2) is 47.7 Å². The Bertz CT molecular complexity index is 1550. The molecule has 2 heterocycles. The summed E-state index contributed by atoms with van der Waals surface area (Å²) in [6.07, 6.45) is 0.475. The van der Waals surface area contributed by atoms with E-state index in [9.17, 15) is 13.9 Å². The number of β-amino-alcohol motifs (C(OH)–C–C–N with tert-alkyl or cyclic N) is 1. The van der Waals surface area contributed by atoms with Crippen molar-refractivity contribution in [2.75, 3.05) is 31.9 Å². The minimum atomic E-state index is -1.10. The molecule has 200 valence electrons. The van der Waals surface area contributed by atoms with Crippen molar-refractivity contribution in [3.05, 3.63) is 58.6 Å². The first-order valence-corrected chi connectivity index (χ1v) is 12.7. The van der Waals surface area contributed by atoms with Gasteiger partial charge < -0.3 is 19.5 Å². The van der Waals surface area contributed by atoms with E-state index in [0.29, 0.717) is 47.9 Å². The SMILES string of the molecule is CCc1c(F)ccc2cc(OCOC)cc(-c3c(Cl)cc4c(N5CCC[C@@](C)(O)C5)nc(F)nc4c3F)c12. The van der Waals surface area contributed by atoms with Gasteiger partial charge in [-0.05, 0) is 72.4 Å². The molecule has 1 N–H and O–H groups in total. The predicted octanol–water partition coefficient (Wildman–Crippen LogP) is 6.42. The number of ether oxygens (including phenoxy) is 2. The Balaban J connectivity index is 1.79. The topological polar surface area (TPSA) is 67.7 Å². The maximum atomic E-state index is 16.4. The first kappa shape index (κ1) is 26.5. The highest BCUT2D eigenvalue weighted by Gasteiger charge is 2.31. The van der Waals surface area contributed by atoms with Crippen molar-refractivity contribution < 1.29 is 27.8 Å². The van der Waals surface area contributed by atoms with Gasteiger partial charge in [-0.15, -0.1) is 0 Å². The molecule has 10 heteroatoms. The smallest absolute Gasteiger partial charge is 0.311 e. The summed E-state index contributed by atoms with van der Waals surface area (Å²) in [5.74, 6) is -0.780. The van der Waals surface area contributed by atoms with Crippen LogP contribution in [0.5, 0.6) is 5.75 Å². The molecular weight excluding hydrogens is 519 g/mol. The largest absolute Gasteiger partial charge is 0.468 e. The maximum Gasteiger partial charge on any atom is 0.311 e.